The van der Waals surface area contributed by atoms with Crippen molar-refractivity contribution in [2.45, 2.75) is 24.8 Å². The number of halogens is 2. The van der Waals surface area contributed by atoms with E-state index in [1.54, 1.807) is 0 Å². The summed E-state index contributed by atoms with van der Waals surface area (Å²) in [6, 6.07) is 2.95. The van der Waals surface area contributed by atoms with Crippen molar-refractivity contribution in [3.63, 3.8) is 0 Å². The number of ether oxygens (including phenoxy) is 1. The van der Waals surface area contributed by atoms with E-state index >= 15 is 0 Å². The number of benzene rings is 1. The van der Waals surface area contributed by atoms with Crippen molar-refractivity contribution in [1.82, 2.24) is 9.62 Å². The quantitative estimate of drug-likeness (QED) is 0.848. The molecule has 0 aromatic heterocycles. The maximum absolute atomic E-state index is 13.6. The highest BCUT2D eigenvalue weighted by atomic mass is 32.2. The van der Waals surface area contributed by atoms with Gasteiger partial charge in [-0.3, -0.25) is 4.90 Å². The Morgan fingerprint density at radius 3 is 2.61 bits per heavy atom. The Morgan fingerprint density at radius 1 is 1.35 bits per heavy atom. The van der Waals surface area contributed by atoms with Crippen LogP contribution in [0, 0.1) is 17.6 Å². The lowest BCUT2D eigenvalue weighted by atomic mass is 10.2. The molecule has 8 heteroatoms. The van der Waals surface area contributed by atoms with Crippen LogP contribution in [0.25, 0.3) is 0 Å². The Kier molecular flexibility index (Phi) is 6.07. The Hall–Kier alpha value is -1.09. The van der Waals surface area contributed by atoms with Crippen LogP contribution in [0.1, 0.15) is 13.8 Å². The minimum Gasteiger partial charge on any atom is -0.374 e. The highest BCUT2D eigenvalue weighted by Gasteiger charge is 2.27. The van der Waals surface area contributed by atoms with Crippen LogP contribution in [0.5, 0.6) is 0 Å². The van der Waals surface area contributed by atoms with Gasteiger partial charge in [-0.25, -0.2) is 21.9 Å². The molecule has 130 valence electrons. The van der Waals surface area contributed by atoms with Crippen LogP contribution in [0.4, 0.5) is 8.78 Å². The molecule has 1 saturated heterocycles. The van der Waals surface area contributed by atoms with Gasteiger partial charge in [0, 0.05) is 26.2 Å². The van der Waals surface area contributed by atoms with E-state index in [0.717, 1.165) is 31.3 Å². The summed E-state index contributed by atoms with van der Waals surface area (Å²) >= 11 is 0. The van der Waals surface area contributed by atoms with E-state index in [9.17, 15) is 17.2 Å². The molecule has 1 fully saturated rings. The topological polar surface area (TPSA) is 58.6 Å². The molecular formula is C15H22F2N2O3S. The number of morpholine rings is 1. The molecule has 1 unspecified atom stereocenters. The second-order valence-electron chi connectivity index (χ2n) is 6.05. The predicted molar refractivity (Wildman–Crippen MR) is 82.6 cm³/mol. The van der Waals surface area contributed by atoms with E-state index in [-0.39, 0.29) is 12.6 Å². The second kappa shape index (κ2) is 7.65. The highest BCUT2D eigenvalue weighted by Crippen LogP contribution is 2.18. The van der Waals surface area contributed by atoms with Crippen molar-refractivity contribution in [3.05, 3.63) is 29.8 Å². The van der Waals surface area contributed by atoms with Crippen molar-refractivity contribution in [2.24, 2.45) is 5.92 Å². The Morgan fingerprint density at radius 2 is 2.00 bits per heavy atom. The van der Waals surface area contributed by atoms with Crippen LogP contribution in [0.15, 0.2) is 23.1 Å². The van der Waals surface area contributed by atoms with Crippen molar-refractivity contribution in [3.8, 4) is 0 Å². The van der Waals surface area contributed by atoms with E-state index in [1.165, 1.54) is 0 Å². The smallest absolute Gasteiger partial charge is 0.246 e. The Bertz CT molecular complexity index is 617. The van der Waals surface area contributed by atoms with Gasteiger partial charge in [-0.2, -0.15) is 0 Å². The molecule has 0 spiro atoms. The summed E-state index contributed by atoms with van der Waals surface area (Å²) in [6.07, 6.45) is -0.341. The molecule has 2 rings (SSSR count). The molecule has 23 heavy (non-hydrogen) atoms. The zero-order valence-electron chi connectivity index (χ0n) is 13.3. The molecular weight excluding hydrogens is 326 g/mol. The molecule has 0 saturated carbocycles. The maximum atomic E-state index is 13.6. The van der Waals surface area contributed by atoms with Gasteiger partial charge in [0.15, 0.2) is 4.90 Å². The molecule has 1 aromatic rings. The van der Waals surface area contributed by atoms with Crippen molar-refractivity contribution in [2.75, 3.05) is 32.8 Å². The van der Waals surface area contributed by atoms with E-state index in [2.05, 4.69) is 23.5 Å². The fraction of sp³-hybridized carbons (Fsp3) is 0.600. The SMILES string of the molecule is CC(C)CN1CCOC(CNS(=O)(=O)c2c(F)cccc2F)C1. The predicted octanol–water partition coefficient (Wildman–Crippen LogP) is 1.60. The summed E-state index contributed by atoms with van der Waals surface area (Å²) in [5, 5.41) is 0. The average molecular weight is 348 g/mol. The highest BCUT2D eigenvalue weighted by molar-refractivity contribution is 7.89. The lowest BCUT2D eigenvalue weighted by Gasteiger charge is -2.33. The summed E-state index contributed by atoms with van der Waals surface area (Å²) in [5.74, 6) is -1.72. The summed E-state index contributed by atoms with van der Waals surface area (Å²) in [7, 11) is -4.26. The normalized spacial score (nSPS) is 20.1. The largest absolute Gasteiger partial charge is 0.374 e. The molecule has 1 atom stereocenters. The third-order valence-electron chi connectivity index (χ3n) is 3.53. The number of sulfonamides is 1. The average Bonchev–Trinajstić information content (AvgIpc) is 2.44. The number of nitrogens with zero attached hydrogens (tertiary/aromatic N) is 1. The van der Waals surface area contributed by atoms with E-state index < -0.39 is 26.6 Å². The van der Waals surface area contributed by atoms with Crippen LogP contribution in [0.3, 0.4) is 0 Å². The van der Waals surface area contributed by atoms with E-state index in [0.29, 0.717) is 19.1 Å². The first kappa shape index (κ1) is 18.3. The van der Waals surface area contributed by atoms with Gasteiger partial charge < -0.3 is 4.74 Å². The number of hydrogen-bond acceptors (Lipinski definition) is 4. The molecule has 0 bridgehead atoms. The zero-order valence-corrected chi connectivity index (χ0v) is 14.1. The lowest BCUT2D eigenvalue weighted by molar-refractivity contribution is -0.0280. The molecule has 1 aliphatic rings. The van der Waals surface area contributed by atoms with Crippen molar-refractivity contribution >= 4 is 10.0 Å². The zero-order chi connectivity index (χ0) is 17.0. The van der Waals surface area contributed by atoms with Gasteiger partial charge in [-0.05, 0) is 18.1 Å². The van der Waals surface area contributed by atoms with Gasteiger partial charge in [0.2, 0.25) is 10.0 Å². The lowest BCUT2D eigenvalue weighted by Crippen LogP contribution is -2.48. The van der Waals surface area contributed by atoms with Crippen LogP contribution in [0.2, 0.25) is 0 Å². The summed E-state index contributed by atoms with van der Waals surface area (Å²) in [5.41, 5.74) is 0. The van der Waals surface area contributed by atoms with Gasteiger partial charge in [-0.15, -0.1) is 0 Å². The minimum atomic E-state index is -4.26. The number of rotatable bonds is 6. The first-order valence-corrected chi connectivity index (χ1v) is 9.05. The van der Waals surface area contributed by atoms with Crippen LogP contribution in [-0.4, -0.2) is 52.2 Å². The van der Waals surface area contributed by atoms with Gasteiger partial charge in [0.25, 0.3) is 0 Å². The number of nitrogens with one attached hydrogen (secondary N) is 1. The third-order valence-corrected chi connectivity index (χ3v) is 5.01. The fourth-order valence-electron chi connectivity index (χ4n) is 2.60. The minimum absolute atomic E-state index is 0.0231. The van der Waals surface area contributed by atoms with Gasteiger partial charge in [0.05, 0.1) is 12.7 Å². The molecule has 0 aliphatic carbocycles. The molecule has 5 nitrogen and oxygen atoms in total. The van der Waals surface area contributed by atoms with E-state index in [4.69, 9.17) is 4.74 Å². The summed E-state index contributed by atoms with van der Waals surface area (Å²) < 4.78 is 59.2. The van der Waals surface area contributed by atoms with Gasteiger partial charge in [-0.1, -0.05) is 19.9 Å². The molecule has 1 N–H and O–H groups in total. The van der Waals surface area contributed by atoms with Gasteiger partial charge in [0.1, 0.15) is 11.6 Å². The van der Waals surface area contributed by atoms with Gasteiger partial charge >= 0.3 is 0 Å². The molecule has 0 amide bonds. The number of hydrogen-bond donors (Lipinski definition) is 1. The third kappa shape index (κ3) is 4.94. The van der Waals surface area contributed by atoms with Crippen LogP contribution >= 0.6 is 0 Å². The standard InChI is InChI=1S/C15H22F2N2O3S/c1-11(2)9-19-6-7-22-12(10-19)8-18-23(20,21)15-13(16)4-3-5-14(15)17/h3-5,11-12,18H,6-10H2,1-2H3. The first-order valence-electron chi connectivity index (χ1n) is 7.57. The molecule has 1 aliphatic heterocycles. The summed E-state index contributed by atoms with van der Waals surface area (Å²) in [6.45, 7) is 6.97. The fourth-order valence-corrected chi connectivity index (χ4v) is 3.80. The maximum Gasteiger partial charge on any atom is 0.246 e. The second-order valence-corrected chi connectivity index (χ2v) is 7.75. The van der Waals surface area contributed by atoms with Crippen LogP contribution < -0.4 is 4.72 Å². The molecule has 0 radical (unpaired) electrons. The Balaban J connectivity index is 1.99. The van der Waals surface area contributed by atoms with Crippen molar-refractivity contribution < 1.29 is 21.9 Å². The summed E-state index contributed by atoms with van der Waals surface area (Å²) in [4.78, 5) is 1.24. The first-order chi connectivity index (χ1) is 10.8. The van der Waals surface area contributed by atoms with Crippen LogP contribution in [-0.2, 0) is 14.8 Å². The van der Waals surface area contributed by atoms with Crippen molar-refractivity contribution in [1.29, 1.82) is 0 Å². The molecule has 1 heterocycles. The van der Waals surface area contributed by atoms with E-state index in [1.807, 2.05) is 0 Å². The Labute approximate surface area is 135 Å². The monoisotopic (exact) mass is 348 g/mol. The molecule has 1 aromatic carbocycles.